The Morgan fingerprint density at radius 2 is 0.917 bits per heavy atom. The molecular formula is C36H49N3O6S3. The summed E-state index contributed by atoms with van der Waals surface area (Å²) >= 11 is 4.48. The van der Waals surface area contributed by atoms with E-state index >= 15 is 0 Å². The number of hydrogen-bond donors (Lipinski definition) is 1. The molecule has 262 valence electrons. The average molecular weight is 717 g/mol. The molecule has 0 aliphatic heterocycles. The summed E-state index contributed by atoms with van der Waals surface area (Å²) in [6, 6.07) is 12.3. The van der Waals surface area contributed by atoms with Gasteiger partial charge in [-0.3, -0.25) is 4.79 Å². The first-order valence-corrected chi connectivity index (χ1v) is 17.1. The second kappa shape index (κ2) is 21.3. The van der Waals surface area contributed by atoms with Gasteiger partial charge in [0.25, 0.3) is 0 Å². The smallest absolute Gasteiger partial charge is 0.365 e. The Morgan fingerprint density at radius 1 is 0.583 bits per heavy atom. The van der Waals surface area contributed by atoms with Crippen LogP contribution in [0.25, 0.3) is 30.6 Å². The lowest BCUT2D eigenvalue weighted by atomic mass is 10.1. The van der Waals surface area contributed by atoms with Crippen LogP contribution in [0.5, 0.6) is 0 Å². The lowest BCUT2D eigenvalue weighted by Crippen LogP contribution is -1.93. The number of carboxylic acid groups (broad SMARTS) is 1. The summed E-state index contributed by atoms with van der Waals surface area (Å²) in [6.45, 7) is 14.3. The number of rotatable bonds is 2. The molecule has 0 aliphatic carbocycles. The van der Waals surface area contributed by atoms with E-state index < -0.39 is 5.97 Å². The molecule has 0 bridgehead atoms. The van der Waals surface area contributed by atoms with Crippen molar-refractivity contribution in [2.24, 2.45) is 0 Å². The molecule has 12 heteroatoms. The topological polar surface area (TPSA) is 121 Å². The molecule has 1 N–H and O–H groups in total. The van der Waals surface area contributed by atoms with Crippen LogP contribution in [0.3, 0.4) is 0 Å². The van der Waals surface area contributed by atoms with E-state index in [0.717, 1.165) is 48.4 Å². The summed E-state index contributed by atoms with van der Waals surface area (Å²) in [7, 11) is 9.75. The van der Waals surface area contributed by atoms with Crippen molar-refractivity contribution >= 4 is 76.9 Å². The highest BCUT2D eigenvalue weighted by atomic mass is 32.1. The quantitative estimate of drug-likeness (QED) is 0.175. The fourth-order valence-corrected chi connectivity index (χ4v) is 6.88. The van der Waals surface area contributed by atoms with Crippen molar-refractivity contribution in [3.63, 3.8) is 0 Å². The number of methoxy groups -OCH3 is 3. The van der Waals surface area contributed by atoms with Gasteiger partial charge < -0.3 is 19.3 Å². The molecule has 9 nitrogen and oxygen atoms in total. The lowest BCUT2D eigenvalue weighted by Gasteiger charge is -1.96. The minimum absolute atomic E-state index is 0. The third-order valence-electron chi connectivity index (χ3n) is 6.23. The molecule has 0 spiro atoms. The van der Waals surface area contributed by atoms with Gasteiger partial charge in [-0.2, -0.15) is 0 Å². The number of aldehydes is 1. The predicted molar refractivity (Wildman–Crippen MR) is 205 cm³/mol. The van der Waals surface area contributed by atoms with Crippen molar-refractivity contribution in [1.29, 1.82) is 0 Å². The standard InChI is InChI=1S/C10H9NO2S.C10H9NOS.C10H11NS.3C2H6O.H2/c1-5-3-4-6(2)8-7(5)11-9(14-8)10(12)13;1-6-3-4-7(2)10-9(6)11-8(5-12)13-10;1-6-4-5-7(2)10-9(6)11-8(3)12-10;3*1-3-2;/h3-4H,1-2H3,(H,12,13);3-5H,1-2H3;4-5H,1-3H3;3*1-2H3;1H/i;;;;;;1+1. The molecule has 6 rings (SSSR count). The largest absolute Gasteiger partial charge is 0.476 e. The number of carbonyl (C=O) groups excluding carboxylic acids is 1. The molecule has 0 fully saturated rings. The Labute approximate surface area is 297 Å². The third kappa shape index (κ3) is 12.1. The third-order valence-corrected chi connectivity index (χ3v) is 9.63. The molecule has 0 unspecified atom stereocenters. The number of benzene rings is 3. The van der Waals surface area contributed by atoms with Gasteiger partial charge in [0.2, 0.25) is 5.01 Å². The molecular weight excluding hydrogens is 667 g/mol. The van der Waals surface area contributed by atoms with Crippen molar-refractivity contribution in [2.75, 3.05) is 42.7 Å². The second-order valence-electron chi connectivity index (χ2n) is 10.6. The van der Waals surface area contributed by atoms with Crippen LogP contribution in [0, 0.1) is 48.5 Å². The van der Waals surface area contributed by atoms with Gasteiger partial charge in [0.15, 0.2) is 11.3 Å². The summed E-state index contributed by atoms with van der Waals surface area (Å²) in [6.07, 6.45) is 0.809. The van der Waals surface area contributed by atoms with E-state index in [0.29, 0.717) is 5.01 Å². The Kier molecular flexibility index (Phi) is 18.8. The van der Waals surface area contributed by atoms with Crippen molar-refractivity contribution in [2.45, 2.75) is 48.5 Å². The summed E-state index contributed by atoms with van der Waals surface area (Å²) in [5, 5.41) is 10.7. The van der Waals surface area contributed by atoms with Gasteiger partial charge in [0, 0.05) is 44.1 Å². The van der Waals surface area contributed by atoms with Gasteiger partial charge in [0.1, 0.15) is 0 Å². The molecule has 0 radical (unpaired) electrons. The number of carboxylic acids is 1. The van der Waals surface area contributed by atoms with Crippen LogP contribution in [0.15, 0.2) is 36.4 Å². The Bertz CT molecular complexity index is 1800. The average Bonchev–Trinajstić information content (AvgIpc) is 3.79. The maximum atomic E-state index is 10.7. The number of aryl methyl sites for hydroxylation is 7. The van der Waals surface area contributed by atoms with Crippen LogP contribution in [0.4, 0.5) is 0 Å². The number of thiazole rings is 3. The minimum atomic E-state index is -0.954. The molecule has 0 atom stereocenters. The lowest BCUT2D eigenvalue weighted by molar-refractivity contribution is 0.0696. The Morgan fingerprint density at radius 3 is 1.25 bits per heavy atom. The highest BCUT2D eigenvalue weighted by Crippen LogP contribution is 2.29. The first-order chi connectivity index (χ1) is 22.7. The minimum Gasteiger partial charge on any atom is -0.476 e. The zero-order chi connectivity index (χ0) is 36.6. The van der Waals surface area contributed by atoms with Crippen molar-refractivity contribution in [3.05, 3.63) is 84.8 Å². The first kappa shape index (κ1) is 42.4. The molecule has 3 aromatic carbocycles. The van der Waals surface area contributed by atoms with Crippen molar-refractivity contribution < 1.29 is 30.3 Å². The number of carbonyl (C=O) groups is 2. The monoisotopic (exact) mass is 716 g/mol. The molecule has 0 saturated heterocycles. The number of ether oxygens (including phenoxy) is 3. The fourth-order valence-electron chi connectivity index (χ4n) is 4.04. The highest BCUT2D eigenvalue weighted by Gasteiger charge is 2.13. The van der Waals surface area contributed by atoms with E-state index in [-0.39, 0.29) is 6.43 Å². The van der Waals surface area contributed by atoms with Gasteiger partial charge in [-0.1, -0.05) is 36.4 Å². The van der Waals surface area contributed by atoms with Crippen molar-refractivity contribution in [3.8, 4) is 0 Å². The van der Waals surface area contributed by atoms with Gasteiger partial charge >= 0.3 is 5.97 Å². The molecule has 0 aliphatic rings. The summed E-state index contributed by atoms with van der Waals surface area (Å²) in [5.41, 5.74) is 9.99. The van der Waals surface area contributed by atoms with Crippen LogP contribution < -0.4 is 0 Å². The highest BCUT2D eigenvalue weighted by molar-refractivity contribution is 7.20. The van der Waals surface area contributed by atoms with Crippen molar-refractivity contribution in [1.82, 2.24) is 15.0 Å². The maximum absolute atomic E-state index is 10.7. The molecule has 3 aromatic heterocycles. The fraction of sp³-hybridized carbons (Fsp3) is 0.361. The Balaban J connectivity index is 0.000000624. The van der Waals surface area contributed by atoms with Gasteiger partial charge in [-0.05, 0) is 81.8 Å². The Hall–Kier alpha value is -3.65. The van der Waals surface area contributed by atoms with Crippen LogP contribution >= 0.6 is 34.0 Å². The van der Waals surface area contributed by atoms with Crippen LogP contribution in [0.2, 0.25) is 0 Å². The van der Waals surface area contributed by atoms with E-state index in [1.165, 1.54) is 49.6 Å². The predicted octanol–water partition coefficient (Wildman–Crippen LogP) is 9.59. The van der Waals surface area contributed by atoms with E-state index in [1.54, 1.807) is 54.0 Å². The van der Waals surface area contributed by atoms with E-state index in [9.17, 15) is 9.59 Å². The number of nitrogens with zero attached hydrogens (tertiary/aromatic N) is 3. The first-order valence-electron chi connectivity index (χ1n) is 14.7. The van der Waals surface area contributed by atoms with E-state index in [1.807, 2.05) is 45.9 Å². The SMILES string of the molecule is COC.COC.COC.Cc1ccc(C)c2sc(C(=O)O)nc12.Cc1ccc(C)c2sc(C=O)nc12.Cc1nc2c(C)ccc(C)c2s1.[2HH]. The summed E-state index contributed by atoms with van der Waals surface area (Å²) < 4.78 is 16.2. The van der Waals surface area contributed by atoms with E-state index in [2.05, 4.69) is 68.1 Å². The summed E-state index contributed by atoms with van der Waals surface area (Å²) in [4.78, 5) is 34.1. The summed E-state index contributed by atoms with van der Waals surface area (Å²) in [5.74, 6) is -0.954. The zero-order valence-electron chi connectivity index (χ0n) is 30.1. The normalized spacial score (nSPS) is 9.85. The zero-order valence-corrected chi connectivity index (χ0v) is 32.5. The van der Waals surface area contributed by atoms with E-state index in [4.69, 9.17) is 5.11 Å². The molecule has 6 aromatic rings. The number of fused-ring (bicyclic) bond motifs is 3. The molecule has 0 amide bonds. The number of aromatic nitrogens is 3. The number of hydrogen-bond acceptors (Lipinski definition) is 11. The molecule has 0 saturated carbocycles. The van der Waals surface area contributed by atoms with Gasteiger partial charge in [0.05, 0.1) is 35.7 Å². The van der Waals surface area contributed by atoms with Crippen LogP contribution in [0.1, 0.15) is 59.4 Å². The van der Waals surface area contributed by atoms with Crippen LogP contribution in [-0.2, 0) is 14.2 Å². The molecule has 3 heterocycles. The number of aromatic carboxylic acids is 1. The van der Waals surface area contributed by atoms with Crippen LogP contribution in [-0.4, -0.2) is 75.0 Å². The maximum Gasteiger partial charge on any atom is 0.365 e. The van der Waals surface area contributed by atoms with Gasteiger partial charge in [-0.15, -0.1) is 34.0 Å². The van der Waals surface area contributed by atoms with Gasteiger partial charge in [-0.25, -0.2) is 19.7 Å². The second-order valence-corrected chi connectivity index (χ2v) is 13.8. The molecule has 48 heavy (non-hydrogen) atoms.